The number of hydrazine groups is 1. The normalized spacial score (nSPS) is 14.3. The van der Waals surface area contributed by atoms with Gasteiger partial charge in [0.25, 0.3) is 0 Å². The molecule has 0 aromatic carbocycles. The molecule has 27 heavy (non-hydrogen) atoms. The third kappa shape index (κ3) is 8.02. The number of rotatable bonds is 7. The molecule has 152 valence electrons. The Morgan fingerprint density at radius 2 is 1.89 bits per heavy atom. The predicted molar refractivity (Wildman–Crippen MR) is 98.4 cm³/mol. The Labute approximate surface area is 159 Å². The number of carbonyl (C=O) groups excluding carboxylic acids is 3. The van der Waals surface area contributed by atoms with Gasteiger partial charge in [0.2, 0.25) is 0 Å². The van der Waals surface area contributed by atoms with E-state index >= 15 is 0 Å². The van der Waals surface area contributed by atoms with Crippen LogP contribution in [0, 0.1) is 0 Å². The number of hydrogen-bond donors (Lipinski definition) is 1. The molecular formula is C18H29N3O6. The SMILES string of the molecule is C=C(C)CC/C(=C\N1CCOC1=O)N(NC(=O)OC(C)C)C(=O)OC(C)C. The van der Waals surface area contributed by atoms with Gasteiger partial charge in [0.1, 0.15) is 6.61 Å². The summed E-state index contributed by atoms with van der Waals surface area (Å²) in [4.78, 5) is 37.7. The van der Waals surface area contributed by atoms with Crippen LogP contribution < -0.4 is 5.43 Å². The summed E-state index contributed by atoms with van der Waals surface area (Å²) in [6.45, 7) is 13.1. The van der Waals surface area contributed by atoms with Crippen molar-refractivity contribution in [2.24, 2.45) is 0 Å². The molecule has 1 fully saturated rings. The number of cyclic esters (lactones) is 1. The maximum Gasteiger partial charge on any atom is 0.433 e. The maximum absolute atomic E-state index is 12.6. The van der Waals surface area contributed by atoms with E-state index in [1.165, 1.54) is 11.1 Å². The van der Waals surface area contributed by atoms with E-state index < -0.39 is 24.4 Å². The highest BCUT2D eigenvalue weighted by Gasteiger charge is 2.27. The summed E-state index contributed by atoms with van der Waals surface area (Å²) < 4.78 is 15.2. The molecule has 9 nitrogen and oxygen atoms in total. The van der Waals surface area contributed by atoms with Crippen LogP contribution in [0.5, 0.6) is 0 Å². The molecule has 0 aliphatic carbocycles. The van der Waals surface area contributed by atoms with Gasteiger partial charge in [0, 0.05) is 6.20 Å². The molecule has 9 heteroatoms. The molecule has 0 saturated carbocycles. The average molecular weight is 383 g/mol. The molecule has 0 bridgehead atoms. The predicted octanol–water partition coefficient (Wildman–Crippen LogP) is 3.53. The molecular weight excluding hydrogens is 354 g/mol. The van der Waals surface area contributed by atoms with Gasteiger partial charge in [-0.25, -0.2) is 19.8 Å². The van der Waals surface area contributed by atoms with Gasteiger partial charge in [-0.1, -0.05) is 5.57 Å². The van der Waals surface area contributed by atoms with Crippen LogP contribution in [0.2, 0.25) is 0 Å². The van der Waals surface area contributed by atoms with Crippen LogP contribution in [0.4, 0.5) is 14.4 Å². The Kier molecular flexibility index (Phi) is 8.64. The van der Waals surface area contributed by atoms with E-state index in [9.17, 15) is 14.4 Å². The molecule has 1 saturated heterocycles. The van der Waals surface area contributed by atoms with Crippen molar-refractivity contribution in [1.29, 1.82) is 0 Å². The molecule has 1 rings (SSSR count). The minimum absolute atomic E-state index is 0.252. The topological polar surface area (TPSA) is 97.4 Å². The lowest BCUT2D eigenvalue weighted by molar-refractivity contribution is 0.0566. The average Bonchev–Trinajstić information content (AvgIpc) is 2.92. The summed E-state index contributed by atoms with van der Waals surface area (Å²) in [5.41, 5.74) is 3.62. The summed E-state index contributed by atoms with van der Waals surface area (Å²) in [6.07, 6.45) is -0.538. The monoisotopic (exact) mass is 383 g/mol. The first-order valence-electron chi connectivity index (χ1n) is 8.86. The number of carbonyl (C=O) groups is 3. The van der Waals surface area contributed by atoms with Crippen molar-refractivity contribution in [1.82, 2.24) is 15.3 Å². The van der Waals surface area contributed by atoms with Gasteiger partial charge >= 0.3 is 18.3 Å². The van der Waals surface area contributed by atoms with Crippen molar-refractivity contribution in [2.45, 2.75) is 59.7 Å². The highest BCUT2D eigenvalue weighted by molar-refractivity contribution is 5.76. The van der Waals surface area contributed by atoms with Crippen molar-refractivity contribution in [2.75, 3.05) is 13.2 Å². The fourth-order valence-electron chi connectivity index (χ4n) is 2.10. The van der Waals surface area contributed by atoms with Crippen LogP contribution in [0.25, 0.3) is 0 Å². The summed E-state index contributed by atoms with van der Waals surface area (Å²) >= 11 is 0. The fraction of sp³-hybridized carbons (Fsp3) is 0.611. The lowest BCUT2D eigenvalue weighted by Gasteiger charge is -2.27. The van der Waals surface area contributed by atoms with Crippen LogP contribution in [0.15, 0.2) is 24.0 Å². The molecule has 0 atom stereocenters. The zero-order valence-electron chi connectivity index (χ0n) is 16.6. The number of amides is 3. The second-order valence-corrected chi connectivity index (χ2v) is 6.72. The molecule has 0 aromatic rings. The number of allylic oxidation sites excluding steroid dienone is 2. The number of ether oxygens (including phenoxy) is 3. The highest BCUT2D eigenvalue weighted by atomic mass is 16.6. The Morgan fingerprint density at radius 3 is 2.37 bits per heavy atom. The summed E-state index contributed by atoms with van der Waals surface area (Å²) in [5.74, 6) is 0. The Morgan fingerprint density at radius 1 is 1.26 bits per heavy atom. The molecule has 1 heterocycles. The zero-order valence-corrected chi connectivity index (χ0v) is 16.6. The van der Waals surface area contributed by atoms with E-state index in [4.69, 9.17) is 14.2 Å². The maximum atomic E-state index is 12.6. The van der Waals surface area contributed by atoms with Crippen LogP contribution in [0.1, 0.15) is 47.5 Å². The second-order valence-electron chi connectivity index (χ2n) is 6.72. The van der Waals surface area contributed by atoms with Gasteiger partial charge < -0.3 is 14.2 Å². The lowest BCUT2D eigenvalue weighted by Crippen LogP contribution is -2.47. The third-order valence-electron chi connectivity index (χ3n) is 3.26. The van der Waals surface area contributed by atoms with E-state index in [1.807, 2.05) is 6.92 Å². The molecule has 3 amide bonds. The highest BCUT2D eigenvalue weighted by Crippen LogP contribution is 2.18. The summed E-state index contributed by atoms with van der Waals surface area (Å²) in [6, 6.07) is 0. The number of nitrogens with one attached hydrogen (secondary N) is 1. The Hall–Kier alpha value is -2.71. The third-order valence-corrected chi connectivity index (χ3v) is 3.26. The van der Waals surface area contributed by atoms with Crippen molar-refractivity contribution in [3.8, 4) is 0 Å². The summed E-state index contributed by atoms with van der Waals surface area (Å²) in [7, 11) is 0. The fourth-order valence-corrected chi connectivity index (χ4v) is 2.10. The van der Waals surface area contributed by atoms with E-state index in [2.05, 4.69) is 12.0 Å². The molecule has 1 aliphatic rings. The van der Waals surface area contributed by atoms with Gasteiger partial charge in [0.05, 0.1) is 24.4 Å². The minimum atomic E-state index is -0.809. The van der Waals surface area contributed by atoms with Gasteiger partial charge in [-0.15, -0.1) is 6.58 Å². The Bertz CT molecular complexity index is 600. The van der Waals surface area contributed by atoms with E-state index in [0.717, 1.165) is 10.6 Å². The molecule has 0 spiro atoms. The molecule has 1 aliphatic heterocycles. The van der Waals surface area contributed by atoms with Gasteiger partial charge in [-0.3, -0.25) is 4.90 Å². The van der Waals surface area contributed by atoms with Gasteiger partial charge in [-0.2, -0.15) is 5.01 Å². The number of hydrogen-bond acceptors (Lipinski definition) is 6. The van der Waals surface area contributed by atoms with Crippen LogP contribution in [-0.2, 0) is 14.2 Å². The second kappa shape index (κ2) is 10.4. The Balaban J connectivity index is 3.14. The van der Waals surface area contributed by atoms with Crippen LogP contribution in [-0.4, -0.2) is 53.5 Å². The lowest BCUT2D eigenvalue weighted by atomic mass is 10.1. The first-order valence-corrected chi connectivity index (χ1v) is 8.86. The summed E-state index contributed by atoms with van der Waals surface area (Å²) in [5, 5.41) is 0.958. The molecule has 0 aromatic heterocycles. The molecule has 0 unspecified atom stereocenters. The van der Waals surface area contributed by atoms with Crippen LogP contribution >= 0.6 is 0 Å². The van der Waals surface area contributed by atoms with Crippen molar-refractivity contribution < 1.29 is 28.6 Å². The minimum Gasteiger partial charge on any atom is -0.447 e. The standard InChI is InChI=1S/C18H29N3O6/c1-12(2)7-8-15(11-20-9-10-25-17(20)23)21(18(24)27-14(5)6)19-16(22)26-13(3)4/h11,13-14H,1,7-10H2,2-6H3,(H,19,22)/b15-11+. The van der Waals surface area contributed by atoms with E-state index in [1.54, 1.807) is 27.7 Å². The van der Waals surface area contributed by atoms with Crippen molar-refractivity contribution >= 4 is 18.3 Å². The quantitative estimate of drug-likeness (QED) is 0.410. The molecule has 1 N–H and O–H groups in total. The first-order chi connectivity index (χ1) is 12.6. The number of nitrogens with zero attached hydrogens (tertiary/aromatic N) is 2. The smallest absolute Gasteiger partial charge is 0.433 e. The first kappa shape index (κ1) is 22.3. The van der Waals surface area contributed by atoms with Gasteiger partial charge in [0.15, 0.2) is 0 Å². The van der Waals surface area contributed by atoms with Crippen molar-refractivity contribution in [3.63, 3.8) is 0 Å². The van der Waals surface area contributed by atoms with Crippen molar-refractivity contribution in [3.05, 3.63) is 24.0 Å². The van der Waals surface area contributed by atoms with Gasteiger partial charge in [-0.05, 0) is 47.5 Å². The van der Waals surface area contributed by atoms with E-state index in [0.29, 0.717) is 25.1 Å². The molecule has 0 radical (unpaired) electrons. The van der Waals surface area contributed by atoms with E-state index in [-0.39, 0.29) is 12.7 Å². The zero-order chi connectivity index (χ0) is 20.6. The van der Waals surface area contributed by atoms with Crippen LogP contribution in [0.3, 0.4) is 0 Å². The largest absolute Gasteiger partial charge is 0.447 e.